The summed E-state index contributed by atoms with van der Waals surface area (Å²) in [5.41, 5.74) is 2.95. The Morgan fingerprint density at radius 3 is 2.63 bits per heavy atom. The van der Waals surface area contributed by atoms with Gasteiger partial charge in [-0.25, -0.2) is 4.98 Å². The first-order chi connectivity index (χ1) is 14.5. The van der Waals surface area contributed by atoms with E-state index in [9.17, 15) is 9.59 Å². The minimum Gasteiger partial charge on any atom is -0.462 e. The second-order valence-corrected chi connectivity index (χ2v) is 8.06. The molecule has 4 rings (SSSR count). The molecule has 0 spiro atoms. The molecule has 1 atom stereocenters. The van der Waals surface area contributed by atoms with Gasteiger partial charge in [0.05, 0.1) is 17.1 Å². The maximum absolute atomic E-state index is 12.7. The van der Waals surface area contributed by atoms with E-state index in [1.54, 1.807) is 0 Å². The maximum atomic E-state index is 12.7. The summed E-state index contributed by atoms with van der Waals surface area (Å²) in [6.45, 7) is 5.09. The second-order valence-electron chi connectivity index (χ2n) is 8.06. The summed E-state index contributed by atoms with van der Waals surface area (Å²) in [5, 5.41) is 0. The van der Waals surface area contributed by atoms with Gasteiger partial charge in [-0.15, -0.1) is 0 Å². The predicted octanol–water partition coefficient (Wildman–Crippen LogP) is 3.55. The zero-order chi connectivity index (χ0) is 21.1. The van der Waals surface area contributed by atoms with Gasteiger partial charge in [0.15, 0.2) is 0 Å². The highest BCUT2D eigenvalue weighted by molar-refractivity contribution is 5.82. The number of para-hydroxylation sites is 2. The number of carbonyl (C=O) groups is 2. The van der Waals surface area contributed by atoms with E-state index in [0.717, 1.165) is 23.3 Å². The van der Waals surface area contributed by atoms with Crippen LogP contribution in [0, 0.1) is 0 Å². The fraction of sp³-hybridized carbons (Fsp3) is 0.375. The lowest BCUT2D eigenvalue weighted by molar-refractivity contribution is -0.148. The number of imidazole rings is 1. The molecule has 156 valence electrons. The van der Waals surface area contributed by atoms with E-state index in [2.05, 4.69) is 12.1 Å². The standard InChI is InChI=1S/C24H27N3O3/c1-17(2)30-23(29)16-27-21-11-7-6-10-20(21)25-24(27)19-14-22(28)26(15-19)13-12-18-8-4-3-5-9-18/h3-11,17,19H,12-16H2,1-2H3. The number of carbonyl (C=O) groups excluding carboxylic acids is 2. The van der Waals surface area contributed by atoms with Gasteiger partial charge in [-0.1, -0.05) is 42.5 Å². The smallest absolute Gasteiger partial charge is 0.326 e. The van der Waals surface area contributed by atoms with Gasteiger partial charge in [0, 0.05) is 25.4 Å². The largest absolute Gasteiger partial charge is 0.462 e. The quantitative estimate of drug-likeness (QED) is 0.564. The number of ether oxygens (including phenoxy) is 1. The van der Waals surface area contributed by atoms with E-state index in [4.69, 9.17) is 9.72 Å². The first kappa shape index (κ1) is 20.1. The van der Waals surface area contributed by atoms with Gasteiger partial charge in [-0.05, 0) is 38.0 Å². The Morgan fingerprint density at radius 2 is 1.87 bits per heavy atom. The predicted molar refractivity (Wildman–Crippen MR) is 115 cm³/mol. The molecule has 6 nitrogen and oxygen atoms in total. The molecule has 1 fully saturated rings. The number of rotatable bonds is 7. The molecule has 2 heterocycles. The lowest BCUT2D eigenvalue weighted by Gasteiger charge is -2.17. The van der Waals surface area contributed by atoms with Crippen molar-refractivity contribution in [3.05, 3.63) is 66.0 Å². The Bertz CT molecular complexity index is 1040. The average Bonchev–Trinajstić information content (AvgIpc) is 3.27. The van der Waals surface area contributed by atoms with Crippen LogP contribution in [0.4, 0.5) is 0 Å². The van der Waals surface area contributed by atoms with Crippen molar-refractivity contribution in [3.8, 4) is 0 Å². The first-order valence-corrected chi connectivity index (χ1v) is 10.5. The molecule has 1 saturated heterocycles. The Labute approximate surface area is 176 Å². The normalized spacial score (nSPS) is 16.6. The van der Waals surface area contributed by atoms with Crippen molar-refractivity contribution >= 4 is 22.9 Å². The van der Waals surface area contributed by atoms with Gasteiger partial charge in [-0.3, -0.25) is 9.59 Å². The topological polar surface area (TPSA) is 64.4 Å². The molecule has 1 unspecified atom stereocenters. The van der Waals surface area contributed by atoms with E-state index in [1.165, 1.54) is 5.56 Å². The summed E-state index contributed by atoms with van der Waals surface area (Å²) in [6.07, 6.45) is 1.07. The van der Waals surface area contributed by atoms with Gasteiger partial charge in [0.1, 0.15) is 12.4 Å². The van der Waals surface area contributed by atoms with Crippen molar-refractivity contribution in [3.63, 3.8) is 0 Å². The lowest BCUT2D eigenvalue weighted by Crippen LogP contribution is -2.27. The highest BCUT2D eigenvalue weighted by atomic mass is 16.5. The number of amides is 1. The number of hydrogen-bond donors (Lipinski definition) is 0. The lowest BCUT2D eigenvalue weighted by atomic mass is 10.1. The summed E-state index contributed by atoms with van der Waals surface area (Å²) >= 11 is 0. The van der Waals surface area contributed by atoms with Crippen molar-refractivity contribution in [1.29, 1.82) is 0 Å². The van der Waals surface area contributed by atoms with Crippen LogP contribution in [0.2, 0.25) is 0 Å². The van der Waals surface area contributed by atoms with Gasteiger partial charge in [0.2, 0.25) is 5.91 Å². The molecule has 30 heavy (non-hydrogen) atoms. The number of esters is 1. The van der Waals surface area contributed by atoms with Crippen molar-refractivity contribution in [1.82, 2.24) is 14.5 Å². The third-order valence-corrected chi connectivity index (χ3v) is 5.43. The molecule has 0 saturated carbocycles. The fourth-order valence-electron chi connectivity index (χ4n) is 4.07. The van der Waals surface area contributed by atoms with Crippen molar-refractivity contribution < 1.29 is 14.3 Å². The average molecular weight is 405 g/mol. The van der Waals surface area contributed by atoms with Crippen LogP contribution in [0.1, 0.15) is 37.6 Å². The van der Waals surface area contributed by atoms with Crippen LogP contribution in [0.5, 0.6) is 0 Å². The zero-order valence-electron chi connectivity index (χ0n) is 17.5. The molecule has 1 aromatic heterocycles. The summed E-state index contributed by atoms with van der Waals surface area (Å²) in [4.78, 5) is 31.7. The number of hydrogen-bond acceptors (Lipinski definition) is 4. The molecule has 3 aromatic rings. The minimum atomic E-state index is -0.292. The molecule has 1 aliphatic heterocycles. The molecule has 0 radical (unpaired) electrons. The summed E-state index contributed by atoms with van der Waals surface area (Å²) in [6, 6.07) is 18.0. The number of fused-ring (bicyclic) bond motifs is 1. The molecule has 0 aliphatic carbocycles. The van der Waals surface area contributed by atoms with Crippen LogP contribution in [0.15, 0.2) is 54.6 Å². The summed E-state index contributed by atoms with van der Waals surface area (Å²) in [5.74, 6) is 0.596. The van der Waals surface area contributed by atoms with Crippen LogP contribution in [-0.2, 0) is 27.3 Å². The van der Waals surface area contributed by atoms with Gasteiger partial charge in [0.25, 0.3) is 0 Å². The molecule has 0 N–H and O–H groups in total. The monoisotopic (exact) mass is 405 g/mol. The van der Waals surface area contributed by atoms with Gasteiger partial charge in [-0.2, -0.15) is 0 Å². The van der Waals surface area contributed by atoms with E-state index in [0.29, 0.717) is 19.5 Å². The van der Waals surface area contributed by atoms with E-state index >= 15 is 0 Å². The number of benzene rings is 2. The molecule has 2 aromatic carbocycles. The first-order valence-electron chi connectivity index (χ1n) is 10.5. The minimum absolute atomic E-state index is 0.0347. The third-order valence-electron chi connectivity index (χ3n) is 5.43. The van der Waals surface area contributed by atoms with Crippen molar-refractivity contribution in [2.24, 2.45) is 0 Å². The number of likely N-dealkylation sites (tertiary alicyclic amines) is 1. The Balaban J connectivity index is 1.54. The second kappa shape index (κ2) is 8.69. The van der Waals surface area contributed by atoms with Gasteiger partial charge >= 0.3 is 5.97 Å². The van der Waals surface area contributed by atoms with Crippen LogP contribution in [-0.4, -0.2) is 45.5 Å². The van der Waals surface area contributed by atoms with Crippen LogP contribution in [0.25, 0.3) is 11.0 Å². The Morgan fingerprint density at radius 1 is 1.13 bits per heavy atom. The molecule has 0 bridgehead atoms. The zero-order valence-corrected chi connectivity index (χ0v) is 17.5. The van der Waals surface area contributed by atoms with Crippen molar-refractivity contribution in [2.45, 2.75) is 45.3 Å². The van der Waals surface area contributed by atoms with Crippen LogP contribution >= 0.6 is 0 Å². The molecule has 1 amide bonds. The molecular weight excluding hydrogens is 378 g/mol. The van der Waals surface area contributed by atoms with E-state index in [1.807, 2.05) is 65.8 Å². The highest BCUT2D eigenvalue weighted by Crippen LogP contribution is 2.30. The van der Waals surface area contributed by atoms with Gasteiger partial charge < -0.3 is 14.2 Å². The van der Waals surface area contributed by atoms with Crippen LogP contribution < -0.4 is 0 Å². The third kappa shape index (κ3) is 4.37. The van der Waals surface area contributed by atoms with Crippen molar-refractivity contribution in [2.75, 3.05) is 13.1 Å². The van der Waals surface area contributed by atoms with E-state index < -0.39 is 0 Å². The molecule has 6 heteroatoms. The molecular formula is C24H27N3O3. The summed E-state index contributed by atoms with van der Waals surface area (Å²) in [7, 11) is 0. The Hall–Kier alpha value is -3.15. The Kier molecular flexibility index (Phi) is 5.84. The SMILES string of the molecule is CC(C)OC(=O)Cn1c(C2CC(=O)N(CCc3ccccc3)C2)nc2ccccc21. The number of aromatic nitrogens is 2. The molecule has 1 aliphatic rings. The fourth-order valence-corrected chi connectivity index (χ4v) is 4.07. The maximum Gasteiger partial charge on any atom is 0.326 e. The van der Waals surface area contributed by atoms with Crippen LogP contribution in [0.3, 0.4) is 0 Å². The van der Waals surface area contributed by atoms with E-state index in [-0.39, 0.29) is 30.4 Å². The number of nitrogens with zero attached hydrogens (tertiary/aromatic N) is 3. The summed E-state index contributed by atoms with van der Waals surface area (Å²) < 4.78 is 7.27. The highest BCUT2D eigenvalue weighted by Gasteiger charge is 2.34.